The van der Waals surface area contributed by atoms with E-state index in [-0.39, 0.29) is 30.3 Å². The summed E-state index contributed by atoms with van der Waals surface area (Å²) in [6.45, 7) is 15.9. The third kappa shape index (κ3) is 3.20. The van der Waals surface area contributed by atoms with Gasteiger partial charge in [-0.15, -0.1) is 0 Å². The Morgan fingerprint density at radius 2 is 1.62 bits per heavy atom. The molecule has 0 bridgehead atoms. The van der Waals surface area contributed by atoms with Crippen LogP contribution in [0.4, 0.5) is 4.79 Å². The molecule has 2 aliphatic rings. The zero-order valence-corrected chi connectivity index (χ0v) is 16.1. The lowest BCUT2D eigenvalue weighted by atomic mass is 9.66. The molecule has 136 valence electrons. The number of carbonyl (C=O) groups is 2. The van der Waals surface area contributed by atoms with E-state index in [9.17, 15) is 9.59 Å². The number of nitrogens with zero attached hydrogens (tertiary/aromatic N) is 1. The van der Waals surface area contributed by atoms with Crippen LogP contribution in [0.1, 0.15) is 55.4 Å². The summed E-state index contributed by atoms with van der Waals surface area (Å²) in [7, 11) is -0.481. The Morgan fingerprint density at radius 3 is 2.08 bits per heavy atom. The molecule has 0 aromatic carbocycles. The van der Waals surface area contributed by atoms with Crippen molar-refractivity contribution in [1.29, 1.82) is 0 Å². The number of hydrogen-bond acceptors (Lipinski definition) is 5. The van der Waals surface area contributed by atoms with E-state index in [4.69, 9.17) is 14.0 Å². The molecule has 0 saturated carbocycles. The van der Waals surface area contributed by atoms with E-state index < -0.39 is 30.3 Å². The first-order chi connectivity index (χ1) is 10.9. The van der Waals surface area contributed by atoms with Gasteiger partial charge < -0.3 is 14.0 Å². The van der Waals surface area contributed by atoms with E-state index in [2.05, 4.69) is 0 Å². The number of amides is 2. The average Bonchev–Trinajstić information content (AvgIpc) is 2.94. The number of imide groups is 1. The summed E-state index contributed by atoms with van der Waals surface area (Å²) in [5, 5.41) is 0. The van der Waals surface area contributed by atoms with E-state index in [0.29, 0.717) is 0 Å². The molecule has 2 aliphatic heterocycles. The molecule has 2 amide bonds. The molecule has 0 unspecified atom stereocenters. The predicted molar refractivity (Wildman–Crippen MR) is 91.5 cm³/mol. The van der Waals surface area contributed by atoms with Crippen LogP contribution in [0.15, 0.2) is 0 Å². The largest absolute Gasteiger partial charge is 0.461 e. The van der Waals surface area contributed by atoms with E-state index in [1.54, 1.807) is 0 Å². The molecule has 0 spiro atoms. The summed E-state index contributed by atoms with van der Waals surface area (Å²) in [4.78, 5) is 26.2. The summed E-state index contributed by atoms with van der Waals surface area (Å²) in [6.07, 6.45) is -0.549. The molecular weight excluding hydrogens is 309 g/mol. The van der Waals surface area contributed by atoms with E-state index in [1.807, 2.05) is 55.4 Å². The molecule has 0 N–H and O–H groups in total. The molecule has 3 atom stereocenters. The zero-order valence-electron chi connectivity index (χ0n) is 16.1. The monoisotopic (exact) mass is 339 g/mol. The lowest BCUT2D eigenvalue weighted by molar-refractivity contribution is -0.133. The molecule has 0 radical (unpaired) electrons. The van der Waals surface area contributed by atoms with Gasteiger partial charge in [0.2, 0.25) is 5.91 Å². The van der Waals surface area contributed by atoms with Gasteiger partial charge in [0.15, 0.2) is 0 Å². The van der Waals surface area contributed by atoms with Crippen molar-refractivity contribution in [3.8, 4) is 0 Å². The SMILES string of the molecule is CC(C)[C@H]1COC(=O)N1C(=O)[C@@H](C)[C@H](C)B1OC(C)(C)C(C)(C)O1. The maximum Gasteiger partial charge on any atom is 0.461 e. The number of carbonyl (C=O) groups excluding carboxylic acids is 2. The molecule has 7 heteroatoms. The van der Waals surface area contributed by atoms with Gasteiger partial charge in [0.1, 0.15) is 6.61 Å². The van der Waals surface area contributed by atoms with Crippen molar-refractivity contribution < 1.29 is 23.6 Å². The second-order valence-corrected chi connectivity index (χ2v) is 8.37. The molecule has 0 aliphatic carbocycles. The normalized spacial score (nSPS) is 28.2. The lowest BCUT2D eigenvalue weighted by Crippen LogP contribution is -2.46. The van der Waals surface area contributed by atoms with Crippen molar-refractivity contribution in [3.05, 3.63) is 0 Å². The van der Waals surface area contributed by atoms with Crippen LogP contribution >= 0.6 is 0 Å². The van der Waals surface area contributed by atoms with Crippen LogP contribution < -0.4 is 0 Å². The standard InChI is InChI=1S/C17H30BNO5/c1-10(2)13-9-22-15(21)19(13)14(20)11(3)12(4)18-23-16(5,6)17(7,8)24-18/h10-13H,9H2,1-8H3/t11-,12-,13+/m0/s1. The van der Waals surface area contributed by atoms with Gasteiger partial charge >= 0.3 is 13.2 Å². The van der Waals surface area contributed by atoms with Crippen molar-refractivity contribution in [1.82, 2.24) is 4.90 Å². The summed E-state index contributed by atoms with van der Waals surface area (Å²) >= 11 is 0. The molecule has 6 nitrogen and oxygen atoms in total. The third-order valence-corrected chi connectivity index (χ3v) is 5.79. The number of ether oxygens (including phenoxy) is 1. The summed E-state index contributed by atoms with van der Waals surface area (Å²) in [5.74, 6) is -0.662. The van der Waals surface area contributed by atoms with Crippen LogP contribution in [-0.4, -0.2) is 47.9 Å². The van der Waals surface area contributed by atoms with Crippen LogP contribution in [-0.2, 0) is 18.8 Å². The van der Waals surface area contributed by atoms with Gasteiger partial charge in [-0.2, -0.15) is 0 Å². The molecular formula is C17H30BNO5. The maximum atomic E-state index is 12.9. The highest BCUT2D eigenvalue weighted by atomic mass is 16.7. The Kier molecular flexibility index (Phi) is 5.08. The van der Waals surface area contributed by atoms with Gasteiger partial charge in [-0.05, 0) is 33.6 Å². The Hall–Kier alpha value is -1.08. The predicted octanol–water partition coefficient (Wildman–Crippen LogP) is 3.11. The smallest absolute Gasteiger partial charge is 0.447 e. The van der Waals surface area contributed by atoms with Crippen LogP contribution in [0.25, 0.3) is 0 Å². The molecule has 2 rings (SSSR count). The Bertz CT molecular complexity index is 503. The highest BCUT2D eigenvalue weighted by Gasteiger charge is 2.55. The zero-order chi connectivity index (χ0) is 18.4. The van der Waals surface area contributed by atoms with Crippen molar-refractivity contribution in [2.24, 2.45) is 11.8 Å². The fraction of sp³-hybridized carbons (Fsp3) is 0.882. The lowest BCUT2D eigenvalue weighted by Gasteiger charge is -2.32. The second-order valence-electron chi connectivity index (χ2n) is 8.37. The molecule has 0 aromatic rings. The maximum absolute atomic E-state index is 12.9. The average molecular weight is 339 g/mol. The van der Waals surface area contributed by atoms with Gasteiger partial charge in [-0.3, -0.25) is 4.79 Å². The highest BCUT2D eigenvalue weighted by Crippen LogP contribution is 2.42. The molecule has 2 heterocycles. The molecule has 2 saturated heterocycles. The summed E-state index contributed by atoms with van der Waals surface area (Å²) in [5.41, 5.74) is -0.885. The second kappa shape index (κ2) is 6.34. The topological polar surface area (TPSA) is 65.1 Å². The Balaban J connectivity index is 2.12. The minimum Gasteiger partial charge on any atom is -0.447 e. The van der Waals surface area contributed by atoms with Gasteiger partial charge in [0, 0.05) is 11.7 Å². The van der Waals surface area contributed by atoms with Crippen molar-refractivity contribution in [2.75, 3.05) is 6.61 Å². The van der Waals surface area contributed by atoms with Gasteiger partial charge in [0.05, 0.1) is 17.2 Å². The Labute approximate surface area is 145 Å². The Morgan fingerprint density at radius 1 is 1.12 bits per heavy atom. The summed E-state index contributed by atoms with van der Waals surface area (Å²) in [6, 6.07) is -0.210. The molecule has 24 heavy (non-hydrogen) atoms. The number of cyclic esters (lactones) is 1. The van der Waals surface area contributed by atoms with Gasteiger partial charge in [-0.25, -0.2) is 9.69 Å². The fourth-order valence-corrected chi connectivity index (χ4v) is 2.96. The van der Waals surface area contributed by atoms with Gasteiger partial charge in [-0.1, -0.05) is 27.7 Å². The first-order valence-electron chi connectivity index (χ1n) is 8.74. The van der Waals surface area contributed by atoms with Crippen LogP contribution in [0.3, 0.4) is 0 Å². The summed E-state index contributed by atoms with van der Waals surface area (Å²) < 4.78 is 17.2. The minimum absolute atomic E-state index is 0.153. The highest BCUT2D eigenvalue weighted by molar-refractivity contribution is 6.48. The van der Waals surface area contributed by atoms with Crippen molar-refractivity contribution in [2.45, 2.75) is 78.5 Å². The minimum atomic E-state index is -0.549. The first-order valence-corrected chi connectivity index (χ1v) is 8.74. The number of rotatable bonds is 4. The third-order valence-electron chi connectivity index (χ3n) is 5.79. The first kappa shape index (κ1) is 19.3. The quantitative estimate of drug-likeness (QED) is 0.737. The van der Waals surface area contributed by atoms with Gasteiger partial charge in [0.25, 0.3) is 0 Å². The molecule has 2 fully saturated rings. The number of hydrogen-bond donors (Lipinski definition) is 0. The van der Waals surface area contributed by atoms with E-state index in [0.717, 1.165) is 0 Å². The van der Waals surface area contributed by atoms with Crippen LogP contribution in [0.5, 0.6) is 0 Å². The van der Waals surface area contributed by atoms with Crippen LogP contribution in [0, 0.1) is 11.8 Å². The van der Waals surface area contributed by atoms with E-state index in [1.165, 1.54) is 4.90 Å². The van der Waals surface area contributed by atoms with E-state index >= 15 is 0 Å². The fourth-order valence-electron chi connectivity index (χ4n) is 2.96. The van der Waals surface area contributed by atoms with Crippen molar-refractivity contribution in [3.63, 3.8) is 0 Å². The van der Waals surface area contributed by atoms with Crippen LogP contribution in [0.2, 0.25) is 5.82 Å². The van der Waals surface area contributed by atoms with Crippen molar-refractivity contribution >= 4 is 19.1 Å². The molecule has 0 aromatic heterocycles.